The van der Waals surface area contributed by atoms with Gasteiger partial charge in [-0.1, -0.05) is 27.7 Å². The van der Waals surface area contributed by atoms with Gasteiger partial charge in [0.1, 0.15) is 0 Å². The van der Waals surface area contributed by atoms with E-state index in [0.717, 1.165) is 0 Å². The molecule has 70 valence electrons. The molecular formula is C11H21N. The molecule has 0 aromatic rings. The third-order valence-electron chi connectivity index (χ3n) is 5.35. The number of rotatable bonds is 0. The highest BCUT2D eigenvalue weighted by Gasteiger charge is 2.75. The van der Waals surface area contributed by atoms with Crippen LogP contribution in [-0.2, 0) is 0 Å². The normalized spacial score (nSPS) is 35.0. The third-order valence-corrected chi connectivity index (χ3v) is 5.35. The van der Waals surface area contributed by atoms with Gasteiger partial charge in [-0.2, -0.15) is 0 Å². The maximum atomic E-state index is 3.46. The monoisotopic (exact) mass is 167 g/mol. The van der Waals surface area contributed by atoms with Crippen LogP contribution < -0.4 is 5.32 Å². The molecule has 0 radical (unpaired) electrons. The van der Waals surface area contributed by atoms with Gasteiger partial charge < -0.3 is 5.32 Å². The molecule has 0 aromatic carbocycles. The zero-order chi connectivity index (χ0) is 9.04. The van der Waals surface area contributed by atoms with Gasteiger partial charge in [-0.05, 0) is 42.2 Å². The van der Waals surface area contributed by atoms with Crippen molar-refractivity contribution in [1.82, 2.24) is 5.32 Å². The van der Waals surface area contributed by atoms with E-state index in [1.165, 1.54) is 25.9 Å². The minimum atomic E-state index is 0.572. The van der Waals surface area contributed by atoms with Crippen LogP contribution in [0.5, 0.6) is 0 Å². The van der Waals surface area contributed by atoms with Crippen LogP contribution in [0.15, 0.2) is 0 Å². The van der Waals surface area contributed by atoms with E-state index in [1.54, 1.807) is 0 Å². The van der Waals surface area contributed by atoms with Crippen LogP contribution in [0, 0.1) is 16.2 Å². The molecule has 1 aliphatic heterocycles. The van der Waals surface area contributed by atoms with E-state index in [2.05, 4.69) is 33.0 Å². The summed E-state index contributed by atoms with van der Waals surface area (Å²) in [7, 11) is 0. The van der Waals surface area contributed by atoms with Gasteiger partial charge in [-0.25, -0.2) is 0 Å². The molecule has 1 saturated carbocycles. The Morgan fingerprint density at radius 3 is 1.50 bits per heavy atom. The zero-order valence-electron chi connectivity index (χ0n) is 8.83. The van der Waals surface area contributed by atoms with Crippen molar-refractivity contribution in [2.75, 3.05) is 13.1 Å². The first-order valence-electron chi connectivity index (χ1n) is 5.16. The second-order valence-electron chi connectivity index (χ2n) is 5.58. The molecule has 0 bridgehead atoms. The lowest BCUT2D eigenvalue weighted by atomic mass is 9.85. The van der Waals surface area contributed by atoms with E-state index < -0.39 is 0 Å². The number of hydrogen-bond acceptors (Lipinski definition) is 1. The van der Waals surface area contributed by atoms with Crippen molar-refractivity contribution in [2.45, 2.75) is 40.5 Å². The summed E-state index contributed by atoms with van der Waals surface area (Å²) < 4.78 is 0. The van der Waals surface area contributed by atoms with Crippen molar-refractivity contribution >= 4 is 0 Å². The highest BCUT2D eigenvalue weighted by molar-refractivity contribution is 5.24. The van der Waals surface area contributed by atoms with Gasteiger partial charge in [0, 0.05) is 0 Å². The predicted octanol–water partition coefficient (Wildman–Crippen LogP) is 2.42. The van der Waals surface area contributed by atoms with Crippen molar-refractivity contribution in [3.05, 3.63) is 0 Å². The summed E-state index contributed by atoms with van der Waals surface area (Å²) in [4.78, 5) is 0. The SMILES string of the molecule is CC1(C)C(C)(C)C12CCNCC2. The molecule has 2 fully saturated rings. The molecule has 1 heteroatoms. The second-order valence-corrected chi connectivity index (χ2v) is 5.58. The summed E-state index contributed by atoms with van der Waals surface area (Å²) in [5.74, 6) is 0. The Balaban J connectivity index is 2.24. The van der Waals surface area contributed by atoms with E-state index in [-0.39, 0.29) is 0 Å². The fourth-order valence-corrected chi connectivity index (χ4v) is 3.65. The Kier molecular flexibility index (Phi) is 1.47. The van der Waals surface area contributed by atoms with Gasteiger partial charge in [-0.3, -0.25) is 0 Å². The van der Waals surface area contributed by atoms with Gasteiger partial charge in [-0.15, -0.1) is 0 Å². The van der Waals surface area contributed by atoms with Gasteiger partial charge in [0.2, 0.25) is 0 Å². The zero-order valence-corrected chi connectivity index (χ0v) is 8.83. The third kappa shape index (κ3) is 0.654. The molecule has 0 amide bonds. The Morgan fingerprint density at radius 1 is 0.833 bits per heavy atom. The average molecular weight is 167 g/mol. The van der Waals surface area contributed by atoms with Crippen molar-refractivity contribution in [2.24, 2.45) is 16.2 Å². The Bertz CT molecular complexity index is 181. The van der Waals surface area contributed by atoms with Crippen molar-refractivity contribution in [1.29, 1.82) is 0 Å². The second kappa shape index (κ2) is 2.06. The average Bonchev–Trinajstić information content (AvgIpc) is 2.33. The minimum Gasteiger partial charge on any atom is -0.317 e. The quantitative estimate of drug-likeness (QED) is 0.584. The Labute approximate surface area is 75.9 Å². The first-order valence-corrected chi connectivity index (χ1v) is 5.16. The number of nitrogens with one attached hydrogen (secondary N) is 1. The molecule has 0 unspecified atom stereocenters. The molecule has 1 saturated heterocycles. The molecule has 12 heavy (non-hydrogen) atoms. The van der Waals surface area contributed by atoms with Gasteiger partial charge >= 0.3 is 0 Å². The Morgan fingerprint density at radius 2 is 1.25 bits per heavy atom. The lowest BCUT2D eigenvalue weighted by Crippen LogP contribution is -2.32. The maximum Gasteiger partial charge on any atom is -0.00432 e. The molecule has 2 aliphatic rings. The summed E-state index contributed by atoms with van der Waals surface area (Å²) in [6, 6.07) is 0. The van der Waals surface area contributed by atoms with Gasteiger partial charge in [0.25, 0.3) is 0 Å². The lowest BCUT2D eigenvalue weighted by molar-refractivity contribution is 0.264. The van der Waals surface area contributed by atoms with Crippen LogP contribution in [0.25, 0.3) is 0 Å². The molecule has 1 N–H and O–H groups in total. The molecule has 2 rings (SSSR count). The number of hydrogen-bond donors (Lipinski definition) is 1. The molecule has 1 heterocycles. The van der Waals surface area contributed by atoms with Crippen molar-refractivity contribution in [3.63, 3.8) is 0 Å². The van der Waals surface area contributed by atoms with Crippen molar-refractivity contribution in [3.8, 4) is 0 Å². The summed E-state index contributed by atoms with van der Waals surface area (Å²) in [6.45, 7) is 12.2. The smallest absolute Gasteiger partial charge is 0.00432 e. The van der Waals surface area contributed by atoms with Crippen LogP contribution in [-0.4, -0.2) is 13.1 Å². The van der Waals surface area contributed by atoms with Crippen LogP contribution in [0.1, 0.15) is 40.5 Å². The van der Waals surface area contributed by atoms with Gasteiger partial charge in [0.05, 0.1) is 0 Å². The highest BCUT2D eigenvalue weighted by atomic mass is 14.9. The minimum absolute atomic E-state index is 0.572. The first-order chi connectivity index (χ1) is 5.46. The highest BCUT2D eigenvalue weighted by Crippen LogP contribution is 2.81. The summed E-state index contributed by atoms with van der Waals surface area (Å²) in [6.07, 6.45) is 2.76. The van der Waals surface area contributed by atoms with Crippen LogP contribution in [0.2, 0.25) is 0 Å². The van der Waals surface area contributed by atoms with E-state index in [0.29, 0.717) is 16.2 Å². The summed E-state index contributed by atoms with van der Waals surface area (Å²) in [5, 5.41) is 3.46. The summed E-state index contributed by atoms with van der Waals surface area (Å²) >= 11 is 0. The topological polar surface area (TPSA) is 12.0 Å². The van der Waals surface area contributed by atoms with Crippen LogP contribution >= 0.6 is 0 Å². The molecule has 1 spiro atoms. The molecule has 1 aliphatic carbocycles. The predicted molar refractivity (Wildman–Crippen MR) is 52.1 cm³/mol. The van der Waals surface area contributed by atoms with E-state index in [1.807, 2.05) is 0 Å². The molecular weight excluding hydrogens is 146 g/mol. The lowest BCUT2D eigenvalue weighted by Gasteiger charge is -2.27. The Hall–Kier alpha value is -0.0400. The molecule has 0 aromatic heterocycles. The largest absolute Gasteiger partial charge is 0.317 e. The van der Waals surface area contributed by atoms with E-state index in [9.17, 15) is 0 Å². The van der Waals surface area contributed by atoms with Crippen LogP contribution in [0.4, 0.5) is 0 Å². The van der Waals surface area contributed by atoms with Crippen LogP contribution in [0.3, 0.4) is 0 Å². The summed E-state index contributed by atoms with van der Waals surface area (Å²) in [5.41, 5.74) is 1.80. The fraction of sp³-hybridized carbons (Fsp3) is 1.00. The number of piperidine rings is 1. The molecule has 1 nitrogen and oxygen atoms in total. The first kappa shape index (κ1) is 8.55. The van der Waals surface area contributed by atoms with E-state index in [4.69, 9.17) is 0 Å². The standard InChI is InChI=1S/C11H21N/c1-9(2)10(3,4)11(9)5-7-12-8-6-11/h12H,5-8H2,1-4H3. The van der Waals surface area contributed by atoms with Crippen molar-refractivity contribution < 1.29 is 0 Å². The van der Waals surface area contributed by atoms with Gasteiger partial charge in [0.15, 0.2) is 0 Å². The van der Waals surface area contributed by atoms with E-state index >= 15 is 0 Å². The maximum absolute atomic E-state index is 3.46. The molecule has 0 atom stereocenters. The fourth-order valence-electron chi connectivity index (χ4n) is 3.65.